The van der Waals surface area contributed by atoms with Gasteiger partial charge >= 0.3 is 0 Å². The van der Waals surface area contributed by atoms with Crippen molar-refractivity contribution in [2.24, 2.45) is 0 Å². The first-order valence-corrected chi connectivity index (χ1v) is 6.44. The zero-order chi connectivity index (χ0) is 13.0. The van der Waals surface area contributed by atoms with Gasteiger partial charge in [-0.3, -0.25) is 4.98 Å². The monoisotopic (exact) mass is 240 g/mol. The molecule has 2 heteroatoms. The molecule has 0 radical (unpaired) electrons. The summed E-state index contributed by atoms with van der Waals surface area (Å²) in [4.78, 5) is 4.48. The minimum atomic E-state index is 0.177. The number of aryl methyl sites for hydroxylation is 1. The number of benzene rings is 1. The quantitative estimate of drug-likeness (QED) is 0.886. The Bertz CT molecular complexity index is 506. The molecule has 1 unspecified atom stereocenters. The molecule has 2 aromatic rings. The molecule has 1 aromatic carbocycles. The Hall–Kier alpha value is -1.67. The van der Waals surface area contributed by atoms with Crippen molar-refractivity contribution in [1.29, 1.82) is 0 Å². The van der Waals surface area contributed by atoms with Crippen molar-refractivity contribution in [2.45, 2.75) is 26.8 Å². The van der Waals surface area contributed by atoms with Crippen LogP contribution in [0.25, 0.3) is 0 Å². The fraction of sp³-hybridized carbons (Fsp3) is 0.312. The number of hydrogen-bond donors (Lipinski definition) is 1. The molecule has 0 amide bonds. The Balaban J connectivity index is 2.45. The van der Waals surface area contributed by atoms with E-state index < -0.39 is 0 Å². The van der Waals surface area contributed by atoms with Gasteiger partial charge in [0.1, 0.15) is 0 Å². The van der Waals surface area contributed by atoms with Crippen molar-refractivity contribution in [2.75, 3.05) is 6.54 Å². The molecule has 1 heterocycles. The molecule has 1 atom stereocenters. The molecule has 0 saturated carbocycles. The molecule has 0 fully saturated rings. The summed E-state index contributed by atoms with van der Waals surface area (Å²) in [7, 11) is 0. The molecule has 1 aromatic heterocycles. The molecule has 0 aliphatic carbocycles. The summed E-state index contributed by atoms with van der Waals surface area (Å²) in [5, 5.41) is 3.52. The first-order chi connectivity index (χ1) is 8.74. The van der Waals surface area contributed by atoms with Crippen LogP contribution in [0.4, 0.5) is 0 Å². The third-order valence-corrected chi connectivity index (χ3v) is 3.35. The Kier molecular flexibility index (Phi) is 4.11. The maximum Gasteiger partial charge on any atom is 0.0753 e. The highest BCUT2D eigenvalue weighted by molar-refractivity contribution is 5.38. The average Bonchev–Trinajstić information content (AvgIpc) is 2.41. The van der Waals surface area contributed by atoms with Gasteiger partial charge in [0, 0.05) is 6.20 Å². The van der Waals surface area contributed by atoms with Crippen LogP contribution in [0.5, 0.6) is 0 Å². The molecule has 94 valence electrons. The van der Waals surface area contributed by atoms with E-state index in [0.29, 0.717) is 0 Å². The van der Waals surface area contributed by atoms with Crippen molar-refractivity contribution in [3.63, 3.8) is 0 Å². The molecule has 2 rings (SSSR count). The summed E-state index contributed by atoms with van der Waals surface area (Å²) in [6.07, 6.45) is 1.85. The molecule has 0 aliphatic rings. The predicted octanol–water partition coefficient (Wildman–Crippen LogP) is 3.40. The van der Waals surface area contributed by atoms with Crippen LogP contribution in [-0.2, 0) is 0 Å². The van der Waals surface area contributed by atoms with E-state index in [-0.39, 0.29) is 6.04 Å². The summed E-state index contributed by atoms with van der Waals surface area (Å²) in [6, 6.07) is 12.7. The Labute approximate surface area is 109 Å². The van der Waals surface area contributed by atoms with Crippen molar-refractivity contribution in [3.8, 4) is 0 Å². The van der Waals surface area contributed by atoms with Crippen molar-refractivity contribution < 1.29 is 0 Å². The van der Waals surface area contributed by atoms with Crippen molar-refractivity contribution in [3.05, 3.63) is 65.0 Å². The first-order valence-electron chi connectivity index (χ1n) is 6.44. The first kappa shape index (κ1) is 12.8. The third-order valence-electron chi connectivity index (χ3n) is 3.35. The molecule has 2 nitrogen and oxygen atoms in total. The fourth-order valence-electron chi connectivity index (χ4n) is 2.21. The van der Waals surface area contributed by atoms with Gasteiger partial charge in [-0.2, -0.15) is 0 Å². The summed E-state index contributed by atoms with van der Waals surface area (Å²) in [6.45, 7) is 7.38. The lowest BCUT2D eigenvalue weighted by Gasteiger charge is -2.20. The molecular weight excluding hydrogens is 220 g/mol. The van der Waals surface area contributed by atoms with E-state index in [9.17, 15) is 0 Å². The largest absolute Gasteiger partial charge is 0.305 e. The van der Waals surface area contributed by atoms with E-state index in [2.05, 4.69) is 55.3 Å². The summed E-state index contributed by atoms with van der Waals surface area (Å²) in [5.74, 6) is 0. The van der Waals surface area contributed by atoms with Gasteiger partial charge in [-0.05, 0) is 49.2 Å². The molecule has 0 bridgehead atoms. The smallest absolute Gasteiger partial charge is 0.0753 e. The van der Waals surface area contributed by atoms with Gasteiger partial charge < -0.3 is 5.32 Å². The van der Waals surface area contributed by atoms with Crippen LogP contribution >= 0.6 is 0 Å². The number of rotatable bonds is 4. The van der Waals surface area contributed by atoms with Crippen LogP contribution in [0.2, 0.25) is 0 Å². The topological polar surface area (TPSA) is 24.9 Å². The Morgan fingerprint density at radius 1 is 1.11 bits per heavy atom. The third kappa shape index (κ3) is 2.59. The highest BCUT2D eigenvalue weighted by atomic mass is 14.9. The van der Waals surface area contributed by atoms with Gasteiger partial charge in [-0.15, -0.1) is 0 Å². The van der Waals surface area contributed by atoms with Crippen LogP contribution in [-0.4, -0.2) is 11.5 Å². The van der Waals surface area contributed by atoms with Gasteiger partial charge in [0.2, 0.25) is 0 Å². The maximum atomic E-state index is 4.48. The molecule has 0 saturated heterocycles. The molecule has 18 heavy (non-hydrogen) atoms. The number of aromatic nitrogens is 1. The minimum Gasteiger partial charge on any atom is -0.305 e. The van der Waals surface area contributed by atoms with E-state index >= 15 is 0 Å². The van der Waals surface area contributed by atoms with E-state index in [1.54, 1.807) is 0 Å². The second-order valence-electron chi connectivity index (χ2n) is 4.53. The van der Waals surface area contributed by atoms with Gasteiger partial charge in [0.25, 0.3) is 0 Å². The van der Waals surface area contributed by atoms with E-state index in [1.807, 2.05) is 18.3 Å². The number of nitrogens with one attached hydrogen (secondary N) is 1. The number of hydrogen-bond acceptors (Lipinski definition) is 2. The second kappa shape index (κ2) is 5.78. The molecular formula is C16H20N2. The summed E-state index contributed by atoms with van der Waals surface area (Å²) < 4.78 is 0. The Morgan fingerprint density at radius 3 is 2.61 bits per heavy atom. The van der Waals surface area contributed by atoms with E-state index in [4.69, 9.17) is 0 Å². The fourth-order valence-corrected chi connectivity index (χ4v) is 2.21. The lowest BCUT2D eigenvalue weighted by Crippen LogP contribution is -2.23. The van der Waals surface area contributed by atoms with Crippen LogP contribution in [0.3, 0.4) is 0 Å². The van der Waals surface area contributed by atoms with Crippen LogP contribution in [0, 0.1) is 13.8 Å². The van der Waals surface area contributed by atoms with Crippen molar-refractivity contribution in [1.82, 2.24) is 10.3 Å². The maximum absolute atomic E-state index is 4.48. The summed E-state index contributed by atoms with van der Waals surface area (Å²) >= 11 is 0. The summed E-state index contributed by atoms with van der Waals surface area (Å²) in [5.41, 5.74) is 5.06. The normalized spacial score (nSPS) is 12.4. The second-order valence-corrected chi connectivity index (χ2v) is 4.53. The molecule has 1 N–H and O–H groups in total. The number of nitrogens with zero attached hydrogens (tertiary/aromatic N) is 1. The van der Waals surface area contributed by atoms with Gasteiger partial charge in [0.05, 0.1) is 11.7 Å². The van der Waals surface area contributed by atoms with Gasteiger partial charge in [-0.25, -0.2) is 0 Å². The SMILES string of the molecule is CCNC(c1ccccn1)c1cccc(C)c1C. The van der Waals surface area contributed by atoms with Gasteiger partial charge in [0.15, 0.2) is 0 Å². The lowest BCUT2D eigenvalue weighted by molar-refractivity contribution is 0.612. The Morgan fingerprint density at radius 2 is 1.94 bits per heavy atom. The highest BCUT2D eigenvalue weighted by Gasteiger charge is 2.16. The minimum absolute atomic E-state index is 0.177. The van der Waals surface area contributed by atoms with Crippen LogP contribution in [0.15, 0.2) is 42.6 Å². The number of pyridine rings is 1. The predicted molar refractivity (Wildman–Crippen MR) is 75.7 cm³/mol. The highest BCUT2D eigenvalue weighted by Crippen LogP contribution is 2.25. The zero-order valence-electron chi connectivity index (χ0n) is 11.3. The van der Waals surface area contributed by atoms with Crippen molar-refractivity contribution >= 4 is 0 Å². The zero-order valence-corrected chi connectivity index (χ0v) is 11.3. The van der Waals surface area contributed by atoms with Gasteiger partial charge in [-0.1, -0.05) is 31.2 Å². The average molecular weight is 240 g/mol. The van der Waals surface area contributed by atoms with E-state index in [0.717, 1.165) is 12.2 Å². The van der Waals surface area contributed by atoms with Crippen LogP contribution < -0.4 is 5.32 Å². The molecule has 0 spiro atoms. The molecule has 0 aliphatic heterocycles. The lowest BCUT2D eigenvalue weighted by atomic mass is 9.95. The van der Waals surface area contributed by atoms with E-state index in [1.165, 1.54) is 16.7 Å². The standard InChI is InChI=1S/C16H20N2/c1-4-17-16(15-10-5-6-11-18-15)14-9-7-8-12(2)13(14)3/h5-11,16-17H,4H2,1-3H3. The van der Waals surface area contributed by atoms with Crippen LogP contribution in [0.1, 0.15) is 35.3 Å².